The van der Waals surface area contributed by atoms with Crippen LogP contribution in [0.25, 0.3) is 15.9 Å². The molecule has 1 aliphatic rings. The predicted molar refractivity (Wildman–Crippen MR) is 99.0 cm³/mol. The second kappa shape index (κ2) is 6.69. The lowest BCUT2D eigenvalue weighted by Crippen LogP contribution is -2.29. The summed E-state index contributed by atoms with van der Waals surface area (Å²) in [6.45, 7) is 4.52. The highest BCUT2D eigenvalue weighted by Gasteiger charge is 2.15. The lowest BCUT2D eigenvalue weighted by atomic mass is 10.1. The molecule has 1 aliphatic heterocycles. The summed E-state index contributed by atoms with van der Waals surface area (Å²) in [4.78, 5) is 20.1. The molecular weight excluding hydrogens is 337 g/mol. The Balaban J connectivity index is 1.72. The van der Waals surface area contributed by atoms with Gasteiger partial charge in [0.2, 0.25) is 0 Å². The van der Waals surface area contributed by atoms with Crippen molar-refractivity contribution >= 4 is 21.7 Å². The van der Waals surface area contributed by atoms with Gasteiger partial charge in [0.05, 0.1) is 11.1 Å². The molecule has 1 aromatic carbocycles. The van der Waals surface area contributed by atoms with Crippen molar-refractivity contribution in [1.29, 1.82) is 0 Å². The van der Waals surface area contributed by atoms with Crippen LogP contribution in [0.3, 0.4) is 0 Å². The number of aromatic nitrogens is 2. The van der Waals surface area contributed by atoms with E-state index in [-0.39, 0.29) is 11.4 Å². The molecule has 130 valence electrons. The first kappa shape index (κ1) is 16.4. The van der Waals surface area contributed by atoms with Crippen LogP contribution in [0.15, 0.2) is 35.1 Å². The maximum Gasteiger partial charge on any atom is 0.274 e. The summed E-state index contributed by atoms with van der Waals surface area (Å²) in [5.74, 6) is -0.211. The minimum Gasteiger partial charge on any atom is -0.299 e. The van der Waals surface area contributed by atoms with Crippen LogP contribution in [0.5, 0.6) is 0 Å². The number of hydrogen-bond donors (Lipinski definition) is 0. The van der Waals surface area contributed by atoms with Gasteiger partial charge in [0.1, 0.15) is 10.6 Å². The van der Waals surface area contributed by atoms with Gasteiger partial charge in [0.15, 0.2) is 0 Å². The van der Waals surface area contributed by atoms with Gasteiger partial charge in [-0.3, -0.25) is 9.69 Å². The number of likely N-dealkylation sites (tertiary alicyclic amines) is 1. The largest absolute Gasteiger partial charge is 0.299 e. The van der Waals surface area contributed by atoms with Crippen LogP contribution in [0, 0.1) is 12.7 Å². The molecule has 25 heavy (non-hydrogen) atoms. The third-order valence-electron chi connectivity index (χ3n) is 4.70. The fourth-order valence-electron chi connectivity index (χ4n) is 3.34. The second-order valence-corrected chi connectivity index (χ2v) is 7.54. The molecule has 6 heteroatoms. The zero-order chi connectivity index (χ0) is 17.4. The van der Waals surface area contributed by atoms with E-state index in [4.69, 9.17) is 0 Å². The van der Waals surface area contributed by atoms with Crippen molar-refractivity contribution in [3.8, 4) is 5.69 Å². The molecule has 0 radical (unpaired) electrons. The molecular formula is C19H20FN3OS. The minimum atomic E-state index is -0.211. The number of pyridine rings is 1. The third-order valence-corrected chi connectivity index (χ3v) is 5.74. The van der Waals surface area contributed by atoms with Gasteiger partial charge in [0.25, 0.3) is 5.56 Å². The zero-order valence-electron chi connectivity index (χ0n) is 14.2. The van der Waals surface area contributed by atoms with Crippen LogP contribution in [0.4, 0.5) is 4.39 Å². The maximum atomic E-state index is 14.3. The van der Waals surface area contributed by atoms with Crippen molar-refractivity contribution in [2.75, 3.05) is 13.1 Å². The van der Waals surface area contributed by atoms with Gasteiger partial charge < -0.3 is 0 Å². The average Bonchev–Trinajstić information content (AvgIpc) is 2.94. The number of hydrogen-bond acceptors (Lipinski definition) is 4. The Labute approximate surface area is 149 Å². The Kier molecular flexibility index (Phi) is 4.39. The van der Waals surface area contributed by atoms with Crippen LogP contribution in [0.2, 0.25) is 0 Å². The van der Waals surface area contributed by atoms with Gasteiger partial charge in [-0.2, -0.15) is 0 Å². The molecule has 0 aliphatic carbocycles. The Bertz CT molecular complexity index is 972. The lowest BCUT2D eigenvalue weighted by Gasteiger charge is -2.26. The molecule has 3 aromatic rings. The summed E-state index contributed by atoms with van der Waals surface area (Å²) in [6.07, 6.45) is 3.59. The first-order valence-corrected chi connectivity index (χ1v) is 9.40. The number of rotatable bonds is 3. The Hall–Kier alpha value is -2.05. The number of fused-ring (bicyclic) bond motifs is 1. The van der Waals surface area contributed by atoms with E-state index in [1.807, 2.05) is 19.1 Å². The number of nitrogens with zero attached hydrogens (tertiary/aromatic N) is 3. The average molecular weight is 357 g/mol. The molecule has 1 fully saturated rings. The molecule has 4 nitrogen and oxygen atoms in total. The first-order chi connectivity index (χ1) is 12.1. The van der Waals surface area contributed by atoms with E-state index in [9.17, 15) is 9.18 Å². The molecule has 0 N–H and O–H groups in total. The summed E-state index contributed by atoms with van der Waals surface area (Å²) in [5.41, 5.74) is 2.14. The van der Waals surface area contributed by atoms with Crippen molar-refractivity contribution in [2.45, 2.75) is 32.7 Å². The first-order valence-electron chi connectivity index (χ1n) is 8.63. The summed E-state index contributed by atoms with van der Waals surface area (Å²) >= 11 is 1.31. The van der Waals surface area contributed by atoms with E-state index >= 15 is 0 Å². The topological polar surface area (TPSA) is 38.1 Å². The summed E-state index contributed by atoms with van der Waals surface area (Å²) in [6, 6.07) is 8.58. The van der Waals surface area contributed by atoms with Gasteiger partial charge in [0, 0.05) is 17.8 Å². The van der Waals surface area contributed by atoms with Crippen molar-refractivity contribution in [2.24, 2.45) is 0 Å². The number of aryl methyl sites for hydroxylation is 1. The van der Waals surface area contributed by atoms with Crippen LogP contribution in [-0.2, 0) is 6.54 Å². The van der Waals surface area contributed by atoms with Crippen molar-refractivity contribution in [1.82, 2.24) is 13.8 Å². The van der Waals surface area contributed by atoms with Crippen LogP contribution in [-0.4, -0.2) is 26.9 Å². The van der Waals surface area contributed by atoms with Gasteiger partial charge in [-0.15, -0.1) is 0 Å². The van der Waals surface area contributed by atoms with Crippen molar-refractivity contribution in [3.63, 3.8) is 0 Å². The number of piperidine rings is 1. The molecule has 0 atom stereocenters. The molecule has 2 aromatic heterocycles. The smallest absolute Gasteiger partial charge is 0.274 e. The standard InChI is InChI=1S/C19H20FN3OS/c1-13-5-7-16-18(21-13)25-23(19(16)24)15-6-8-17(20)14(11-15)12-22-9-3-2-4-10-22/h5-8,11H,2-4,9-10,12H2,1H3. The predicted octanol–water partition coefficient (Wildman–Crippen LogP) is 3.88. The molecule has 3 heterocycles. The summed E-state index contributed by atoms with van der Waals surface area (Å²) in [7, 11) is 0. The molecule has 0 saturated carbocycles. The lowest BCUT2D eigenvalue weighted by molar-refractivity contribution is 0.218. The molecule has 0 amide bonds. The summed E-state index contributed by atoms with van der Waals surface area (Å²) in [5, 5.41) is 0.609. The third kappa shape index (κ3) is 3.24. The molecule has 1 saturated heterocycles. The minimum absolute atomic E-state index is 0.0944. The highest BCUT2D eigenvalue weighted by molar-refractivity contribution is 7.13. The molecule has 4 rings (SSSR count). The zero-order valence-corrected chi connectivity index (χ0v) is 15.0. The number of halogens is 1. The van der Waals surface area contributed by atoms with E-state index in [1.165, 1.54) is 36.9 Å². The van der Waals surface area contributed by atoms with Gasteiger partial charge in [-0.05, 0) is 74.7 Å². The van der Waals surface area contributed by atoms with Crippen molar-refractivity contribution in [3.05, 3.63) is 57.8 Å². The number of benzene rings is 1. The monoisotopic (exact) mass is 357 g/mol. The van der Waals surface area contributed by atoms with E-state index in [0.29, 0.717) is 28.0 Å². The maximum absolute atomic E-state index is 14.3. The van der Waals surface area contributed by atoms with Gasteiger partial charge >= 0.3 is 0 Å². The van der Waals surface area contributed by atoms with Crippen LogP contribution >= 0.6 is 11.5 Å². The fraction of sp³-hybridized carbons (Fsp3) is 0.368. The SMILES string of the molecule is Cc1ccc2c(=O)n(-c3ccc(F)c(CN4CCCCC4)c3)sc2n1. The van der Waals surface area contributed by atoms with Crippen LogP contribution < -0.4 is 5.56 Å². The van der Waals surface area contributed by atoms with E-state index in [0.717, 1.165) is 18.8 Å². The van der Waals surface area contributed by atoms with Gasteiger partial charge in [-0.1, -0.05) is 6.42 Å². The normalized spacial score (nSPS) is 15.8. The highest BCUT2D eigenvalue weighted by atomic mass is 32.1. The molecule has 0 spiro atoms. The van der Waals surface area contributed by atoms with Crippen molar-refractivity contribution < 1.29 is 4.39 Å². The van der Waals surface area contributed by atoms with E-state index in [1.54, 1.807) is 16.1 Å². The Morgan fingerprint density at radius 2 is 1.96 bits per heavy atom. The second-order valence-electron chi connectivity index (χ2n) is 6.61. The summed E-state index contributed by atoms with van der Waals surface area (Å²) < 4.78 is 15.9. The molecule has 0 unspecified atom stereocenters. The van der Waals surface area contributed by atoms with E-state index < -0.39 is 0 Å². The van der Waals surface area contributed by atoms with Gasteiger partial charge in [-0.25, -0.2) is 13.3 Å². The highest BCUT2D eigenvalue weighted by Crippen LogP contribution is 2.22. The van der Waals surface area contributed by atoms with E-state index in [2.05, 4.69) is 9.88 Å². The van der Waals surface area contributed by atoms with Crippen LogP contribution in [0.1, 0.15) is 30.5 Å². The quantitative estimate of drug-likeness (QED) is 0.714. The fourth-order valence-corrected chi connectivity index (χ4v) is 4.35. The Morgan fingerprint density at radius 1 is 1.16 bits per heavy atom. The molecule has 0 bridgehead atoms. The Morgan fingerprint density at radius 3 is 2.76 bits per heavy atom.